The van der Waals surface area contributed by atoms with E-state index < -0.39 is 17.8 Å². The van der Waals surface area contributed by atoms with E-state index in [9.17, 15) is 18.0 Å². The van der Waals surface area contributed by atoms with Crippen molar-refractivity contribution in [1.29, 1.82) is 5.26 Å². The van der Waals surface area contributed by atoms with Crippen molar-refractivity contribution in [3.63, 3.8) is 0 Å². The van der Waals surface area contributed by atoms with Gasteiger partial charge in [-0.25, -0.2) is 4.79 Å². The molecule has 0 saturated carbocycles. The molecule has 0 aliphatic heterocycles. The quantitative estimate of drug-likeness (QED) is 0.574. The smallest absolute Gasteiger partial charge is 0.329 e. The predicted octanol–water partition coefficient (Wildman–Crippen LogP) is 5.35. The molecule has 32 heavy (non-hydrogen) atoms. The molecule has 0 fully saturated rings. The van der Waals surface area contributed by atoms with Gasteiger partial charge in [0.1, 0.15) is 0 Å². The van der Waals surface area contributed by atoms with Crippen LogP contribution in [-0.4, -0.2) is 31.1 Å². The maximum absolute atomic E-state index is 12.4. The lowest BCUT2D eigenvalue weighted by Gasteiger charge is -2.17. The van der Waals surface area contributed by atoms with Crippen LogP contribution >= 0.6 is 0 Å². The first-order chi connectivity index (χ1) is 15.2. The summed E-state index contributed by atoms with van der Waals surface area (Å²) in [6, 6.07) is 23.8. The Hall–Kier alpha value is -3.83. The number of hydrogen-bond donors (Lipinski definition) is 2. The maximum atomic E-state index is 12.4. The highest BCUT2D eigenvalue weighted by Gasteiger charge is 2.30. The van der Waals surface area contributed by atoms with Gasteiger partial charge in [0, 0.05) is 25.8 Å². The Morgan fingerprint density at radius 2 is 1.66 bits per heavy atom. The number of anilines is 1. The number of amides is 2. The highest BCUT2D eigenvalue weighted by molar-refractivity contribution is 5.89. The number of likely N-dealkylation sites (N-methyl/N-ethyl adjacent to an activating group) is 1. The first kappa shape index (κ1) is 24.4. The number of rotatable bonds is 4. The van der Waals surface area contributed by atoms with E-state index in [2.05, 4.69) is 11.4 Å². The molecule has 0 aliphatic rings. The highest BCUT2D eigenvalue weighted by atomic mass is 19.4. The van der Waals surface area contributed by atoms with E-state index >= 15 is 0 Å². The Morgan fingerprint density at radius 3 is 2.28 bits per heavy atom. The van der Waals surface area contributed by atoms with E-state index in [0.29, 0.717) is 12.1 Å². The zero-order valence-electron chi connectivity index (χ0n) is 17.4. The van der Waals surface area contributed by atoms with Gasteiger partial charge in [-0.15, -0.1) is 0 Å². The number of hydrogen-bond acceptors (Lipinski definition) is 3. The average Bonchev–Trinajstić information content (AvgIpc) is 2.80. The minimum Gasteiger partial charge on any atom is -0.329 e. The van der Waals surface area contributed by atoms with E-state index in [4.69, 9.17) is 11.0 Å². The van der Waals surface area contributed by atoms with Gasteiger partial charge in [-0.3, -0.25) is 0 Å². The molecule has 0 aromatic heterocycles. The Labute approximate surface area is 184 Å². The van der Waals surface area contributed by atoms with E-state index in [-0.39, 0.29) is 12.2 Å². The van der Waals surface area contributed by atoms with Crippen molar-refractivity contribution in [3.05, 3.63) is 90.0 Å². The summed E-state index contributed by atoms with van der Waals surface area (Å²) in [7, 11) is 1.51. The van der Waals surface area contributed by atoms with Gasteiger partial charge in [0.2, 0.25) is 0 Å². The Morgan fingerprint density at radius 1 is 1.00 bits per heavy atom. The van der Waals surface area contributed by atoms with Gasteiger partial charge in [-0.2, -0.15) is 18.4 Å². The van der Waals surface area contributed by atoms with Crippen LogP contribution in [0.25, 0.3) is 11.1 Å². The zero-order chi connectivity index (χ0) is 23.6. The molecule has 3 rings (SSSR count). The van der Waals surface area contributed by atoms with E-state index in [0.717, 1.165) is 23.3 Å². The molecule has 2 amide bonds. The van der Waals surface area contributed by atoms with Gasteiger partial charge in [0.25, 0.3) is 0 Å². The molecule has 3 aromatic carbocycles. The van der Waals surface area contributed by atoms with Crippen LogP contribution in [0, 0.1) is 11.3 Å². The van der Waals surface area contributed by atoms with Gasteiger partial charge >= 0.3 is 12.2 Å². The molecule has 0 unspecified atom stereocenters. The molecule has 0 spiro atoms. The molecule has 5 nitrogen and oxygen atoms in total. The number of nitrogens with zero attached hydrogens (tertiary/aromatic N) is 2. The minimum atomic E-state index is -4.43. The molecule has 0 bridgehead atoms. The topological polar surface area (TPSA) is 82.2 Å². The fraction of sp³-hybridized carbons (Fsp3) is 0.167. The van der Waals surface area contributed by atoms with Crippen LogP contribution in [-0.2, 0) is 6.18 Å². The number of nitrogens with one attached hydrogen (secondary N) is 1. The van der Waals surface area contributed by atoms with Gasteiger partial charge in [-0.05, 0) is 41.5 Å². The molecule has 0 atom stereocenters. The Bertz CT molecular complexity index is 1060. The van der Waals surface area contributed by atoms with Crippen molar-refractivity contribution >= 4 is 11.7 Å². The van der Waals surface area contributed by atoms with Gasteiger partial charge in [0.15, 0.2) is 0 Å². The third-order valence-electron chi connectivity index (χ3n) is 4.35. The number of nitrogens with two attached hydrogens (primary N) is 1. The number of benzene rings is 3. The van der Waals surface area contributed by atoms with Crippen LogP contribution in [0.5, 0.6) is 0 Å². The van der Waals surface area contributed by atoms with Gasteiger partial charge in [-0.1, -0.05) is 48.5 Å². The molecule has 0 saturated heterocycles. The van der Waals surface area contributed by atoms with Crippen molar-refractivity contribution in [2.24, 2.45) is 5.73 Å². The van der Waals surface area contributed by atoms with Crippen LogP contribution in [0.1, 0.15) is 11.1 Å². The largest absolute Gasteiger partial charge is 0.416 e. The first-order valence-electron chi connectivity index (χ1n) is 9.69. The molecular formula is C24H23F3N4O. The fourth-order valence-electron chi connectivity index (χ4n) is 2.69. The lowest BCUT2D eigenvalue weighted by molar-refractivity contribution is -0.137. The maximum Gasteiger partial charge on any atom is 0.416 e. The van der Waals surface area contributed by atoms with Crippen molar-refractivity contribution in [2.75, 3.05) is 25.5 Å². The molecule has 0 aliphatic carbocycles. The van der Waals surface area contributed by atoms with Crippen molar-refractivity contribution in [1.82, 2.24) is 4.90 Å². The van der Waals surface area contributed by atoms with E-state index in [1.54, 1.807) is 0 Å². The summed E-state index contributed by atoms with van der Waals surface area (Å²) in [4.78, 5) is 12.8. The van der Waals surface area contributed by atoms with Crippen molar-refractivity contribution in [3.8, 4) is 17.2 Å². The van der Waals surface area contributed by atoms with Crippen LogP contribution in [0.4, 0.5) is 23.7 Å². The minimum absolute atomic E-state index is 0.0960. The molecule has 0 radical (unpaired) electrons. The van der Waals surface area contributed by atoms with Gasteiger partial charge in [0.05, 0.1) is 17.2 Å². The normalized spacial score (nSPS) is 10.4. The summed E-state index contributed by atoms with van der Waals surface area (Å²) < 4.78 is 37.3. The third kappa shape index (κ3) is 7.45. The molecule has 8 heteroatoms. The second-order valence-corrected chi connectivity index (χ2v) is 6.78. The summed E-state index contributed by atoms with van der Waals surface area (Å²) in [5, 5.41) is 11.1. The predicted molar refractivity (Wildman–Crippen MR) is 119 cm³/mol. The Balaban J connectivity index is 0.000000233. The zero-order valence-corrected chi connectivity index (χ0v) is 17.4. The van der Waals surface area contributed by atoms with E-state index in [1.165, 1.54) is 24.1 Å². The number of alkyl halides is 3. The second-order valence-electron chi connectivity index (χ2n) is 6.78. The summed E-state index contributed by atoms with van der Waals surface area (Å²) >= 11 is 0. The Kier molecular flexibility index (Phi) is 8.81. The molecule has 3 N–H and O–H groups in total. The van der Waals surface area contributed by atoms with Crippen molar-refractivity contribution < 1.29 is 18.0 Å². The summed E-state index contributed by atoms with van der Waals surface area (Å²) in [6.45, 7) is 0.608. The number of carbonyl (C=O) groups excluding carboxylic acids is 1. The summed E-state index contributed by atoms with van der Waals surface area (Å²) in [6.07, 6.45) is -4.43. The monoisotopic (exact) mass is 440 g/mol. The summed E-state index contributed by atoms with van der Waals surface area (Å²) in [5.41, 5.74) is 7.49. The first-order valence-corrected chi connectivity index (χ1v) is 9.69. The van der Waals surface area contributed by atoms with Gasteiger partial charge < -0.3 is 16.0 Å². The molecule has 0 heterocycles. The molecule has 166 valence electrons. The SMILES string of the molecule is CN(CCN)C(=O)Nc1cccc(C(F)(F)F)c1.N#Cc1cccc(-c2ccccc2)c1. The lowest BCUT2D eigenvalue weighted by atomic mass is 10.0. The number of halogens is 3. The number of nitriles is 1. The number of carbonyl (C=O) groups is 1. The number of urea groups is 1. The van der Waals surface area contributed by atoms with E-state index in [1.807, 2.05) is 54.6 Å². The fourth-order valence-corrected chi connectivity index (χ4v) is 2.69. The molecular weight excluding hydrogens is 417 g/mol. The summed E-state index contributed by atoms with van der Waals surface area (Å²) in [5.74, 6) is 0. The lowest BCUT2D eigenvalue weighted by Crippen LogP contribution is -2.35. The third-order valence-corrected chi connectivity index (χ3v) is 4.35. The second kappa shape index (κ2) is 11.5. The van der Waals surface area contributed by atoms with Crippen LogP contribution < -0.4 is 11.1 Å². The highest BCUT2D eigenvalue weighted by Crippen LogP contribution is 2.30. The molecule has 3 aromatic rings. The van der Waals surface area contributed by atoms with Crippen LogP contribution in [0.2, 0.25) is 0 Å². The van der Waals surface area contributed by atoms with Crippen molar-refractivity contribution in [2.45, 2.75) is 6.18 Å². The van der Waals surface area contributed by atoms with Crippen LogP contribution in [0.15, 0.2) is 78.9 Å². The van der Waals surface area contributed by atoms with Crippen LogP contribution in [0.3, 0.4) is 0 Å². The standard InChI is InChI=1S/C13H9N.C11H14F3N3O/c14-10-11-5-4-8-13(9-11)12-6-2-1-3-7-12;1-17(6-5-15)10(18)16-9-4-2-3-8(7-9)11(12,13)14/h1-9H;2-4,7H,5-6,15H2,1H3,(H,16,18). The average molecular weight is 440 g/mol.